The van der Waals surface area contributed by atoms with Crippen molar-refractivity contribution in [2.24, 2.45) is 0 Å². The fourth-order valence-electron chi connectivity index (χ4n) is 1.61. The highest BCUT2D eigenvalue weighted by atomic mass is 79.9. The molecule has 0 aromatic heterocycles. The Kier molecular flexibility index (Phi) is 3.97. The van der Waals surface area contributed by atoms with Gasteiger partial charge in [0.1, 0.15) is 11.0 Å². The molecule has 0 bridgehead atoms. The van der Waals surface area contributed by atoms with Crippen molar-refractivity contribution in [2.75, 3.05) is 10.5 Å². The van der Waals surface area contributed by atoms with E-state index in [1.165, 1.54) is 18.2 Å². The molecule has 7 heteroatoms. The minimum atomic E-state index is -3.83. The lowest BCUT2D eigenvalue weighted by Gasteiger charge is -2.10. The molecular weight excluding hydrogens is 342 g/mol. The van der Waals surface area contributed by atoms with Crippen LogP contribution in [0.3, 0.4) is 0 Å². The maximum atomic E-state index is 12.3. The number of halogens is 1. The van der Waals surface area contributed by atoms with E-state index in [2.05, 4.69) is 20.7 Å². The van der Waals surface area contributed by atoms with E-state index in [0.717, 1.165) is 0 Å². The number of nitrogens with two attached hydrogens (primary N) is 1. The molecule has 5 nitrogen and oxygen atoms in total. The summed E-state index contributed by atoms with van der Waals surface area (Å²) >= 11 is 3.23. The first-order chi connectivity index (χ1) is 9.44. The van der Waals surface area contributed by atoms with Gasteiger partial charge in [-0.3, -0.25) is 4.72 Å². The number of anilines is 2. The molecule has 0 fully saturated rings. The topological polar surface area (TPSA) is 96.0 Å². The second-order valence-corrected chi connectivity index (χ2v) is 6.45. The van der Waals surface area contributed by atoms with Crippen molar-refractivity contribution in [1.29, 1.82) is 5.26 Å². The van der Waals surface area contributed by atoms with Gasteiger partial charge in [-0.2, -0.15) is 5.26 Å². The number of rotatable bonds is 3. The van der Waals surface area contributed by atoms with Crippen molar-refractivity contribution in [3.63, 3.8) is 0 Å². The number of hydrogen-bond donors (Lipinski definition) is 2. The molecule has 0 atom stereocenters. The molecule has 20 heavy (non-hydrogen) atoms. The highest BCUT2D eigenvalue weighted by molar-refractivity contribution is 9.10. The van der Waals surface area contributed by atoms with Gasteiger partial charge in [0.25, 0.3) is 10.0 Å². The number of sulfonamides is 1. The van der Waals surface area contributed by atoms with E-state index in [0.29, 0.717) is 15.8 Å². The average molecular weight is 352 g/mol. The van der Waals surface area contributed by atoms with Crippen LogP contribution in [0.25, 0.3) is 0 Å². The zero-order valence-electron chi connectivity index (χ0n) is 10.2. The minimum absolute atomic E-state index is 0.0657. The molecule has 2 aromatic carbocycles. The van der Waals surface area contributed by atoms with Gasteiger partial charge in [0.2, 0.25) is 0 Å². The zero-order valence-corrected chi connectivity index (χ0v) is 12.6. The Labute approximate surface area is 125 Å². The van der Waals surface area contributed by atoms with E-state index in [1.54, 1.807) is 24.3 Å². The summed E-state index contributed by atoms with van der Waals surface area (Å²) in [4.78, 5) is -0.0657. The van der Waals surface area contributed by atoms with Crippen LogP contribution < -0.4 is 10.5 Å². The number of nitrogens with one attached hydrogen (secondary N) is 1. The van der Waals surface area contributed by atoms with Gasteiger partial charge >= 0.3 is 0 Å². The third-order valence-corrected chi connectivity index (χ3v) is 4.71. The normalized spacial score (nSPS) is 10.8. The van der Waals surface area contributed by atoms with Crippen molar-refractivity contribution < 1.29 is 8.42 Å². The Hall–Kier alpha value is -2.04. The maximum absolute atomic E-state index is 12.3. The summed E-state index contributed by atoms with van der Waals surface area (Å²) in [6.45, 7) is 0. The molecule has 0 unspecified atom stereocenters. The highest BCUT2D eigenvalue weighted by Gasteiger charge is 2.18. The summed E-state index contributed by atoms with van der Waals surface area (Å²) in [6, 6.07) is 12.6. The molecule has 0 aliphatic heterocycles. The third kappa shape index (κ3) is 2.92. The Balaban J connectivity index is 2.41. The van der Waals surface area contributed by atoms with Crippen LogP contribution in [0.5, 0.6) is 0 Å². The van der Waals surface area contributed by atoms with Crippen molar-refractivity contribution >= 4 is 37.3 Å². The number of nitrogens with zero attached hydrogens (tertiary/aromatic N) is 1. The zero-order chi connectivity index (χ0) is 14.8. The lowest BCUT2D eigenvalue weighted by atomic mass is 10.2. The Morgan fingerprint density at radius 2 is 1.90 bits per heavy atom. The Morgan fingerprint density at radius 1 is 1.20 bits per heavy atom. The number of nitriles is 1. The maximum Gasteiger partial charge on any atom is 0.263 e. The summed E-state index contributed by atoms with van der Waals surface area (Å²) in [7, 11) is -3.83. The molecule has 0 spiro atoms. The van der Waals surface area contributed by atoms with E-state index >= 15 is 0 Å². The quantitative estimate of drug-likeness (QED) is 0.830. The molecule has 2 aromatic rings. The van der Waals surface area contributed by atoms with E-state index in [1.807, 2.05) is 6.07 Å². The first-order valence-electron chi connectivity index (χ1n) is 5.51. The largest absolute Gasteiger partial charge is 0.398 e. The van der Waals surface area contributed by atoms with Crippen LogP contribution in [0.1, 0.15) is 5.56 Å². The first-order valence-corrected chi connectivity index (χ1v) is 7.78. The van der Waals surface area contributed by atoms with Gasteiger partial charge in [0.05, 0.1) is 11.3 Å². The number of nitrogen functional groups attached to an aromatic ring is 1. The SMILES string of the molecule is N#Cc1ccccc1S(=O)(=O)Nc1ccc(Br)c(N)c1. The van der Waals surface area contributed by atoms with Crippen LogP contribution in [0, 0.1) is 11.3 Å². The van der Waals surface area contributed by atoms with Crippen LogP contribution >= 0.6 is 15.9 Å². The van der Waals surface area contributed by atoms with Gasteiger partial charge in [-0.1, -0.05) is 12.1 Å². The molecule has 0 aliphatic rings. The van der Waals surface area contributed by atoms with Gasteiger partial charge in [0, 0.05) is 10.2 Å². The predicted molar refractivity (Wildman–Crippen MR) is 80.5 cm³/mol. The lowest BCUT2D eigenvalue weighted by molar-refractivity contribution is 0.601. The van der Waals surface area contributed by atoms with Gasteiger partial charge in [-0.05, 0) is 46.3 Å². The Bertz CT molecular complexity index is 798. The molecule has 2 rings (SSSR count). The predicted octanol–water partition coefficient (Wildman–Crippen LogP) is 2.70. The van der Waals surface area contributed by atoms with E-state index in [9.17, 15) is 8.42 Å². The molecule has 0 aliphatic carbocycles. The van der Waals surface area contributed by atoms with Crippen molar-refractivity contribution in [3.05, 3.63) is 52.5 Å². The van der Waals surface area contributed by atoms with Gasteiger partial charge in [-0.25, -0.2) is 8.42 Å². The monoisotopic (exact) mass is 351 g/mol. The van der Waals surface area contributed by atoms with Crippen LogP contribution in [-0.4, -0.2) is 8.42 Å². The van der Waals surface area contributed by atoms with E-state index in [-0.39, 0.29) is 10.5 Å². The summed E-state index contributed by atoms with van der Waals surface area (Å²) in [5, 5.41) is 8.96. The minimum Gasteiger partial charge on any atom is -0.398 e. The third-order valence-electron chi connectivity index (χ3n) is 2.55. The van der Waals surface area contributed by atoms with Crippen molar-refractivity contribution in [3.8, 4) is 6.07 Å². The van der Waals surface area contributed by atoms with Crippen LogP contribution in [0.4, 0.5) is 11.4 Å². The first kappa shape index (κ1) is 14.4. The van der Waals surface area contributed by atoms with Crippen molar-refractivity contribution in [2.45, 2.75) is 4.90 Å². The summed E-state index contributed by atoms with van der Waals surface area (Å²) < 4.78 is 27.6. The Morgan fingerprint density at radius 3 is 2.55 bits per heavy atom. The lowest BCUT2D eigenvalue weighted by Crippen LogP contribution is -2.14. The fourth-order valence-corrected chi connectivity index (χ4v) is 3.07. The molecule has 0 heterocycles. The van der Waals surface area contributed by atoms with Gasteiger partial charge in [0.15, 0.2) is 0 Å². The van der Waals surface area contributed by atoms with E-state index in [4.69, 9.17) is 11.0 Å². The molecular formula is C13H10BrN3O2S. The molecule has 102 valence electrons. The standard InChI is InChI=1S/C13H10BrN3O2S/c14-11-6-5-10(7-12(11)16)17-20(18,19)13-4-2-1-3-9(13)8-15/h1-7,17H,16H2. The smallest absolute Gasteiger partial charge is 0.263 e. The van der Waals surface area contributed by atoms with Crippen LogP contribution in [0.15, 0.2) is 51.8 Å². The second-order valence-electron chi connectivity index (χ2n) is 3.95. The second kappa shape index (κ2) is 5.53. The van der Waals surface area contributed by atoms with Gasteiger partial charge < -0.3 is 5.73 Å². The molecule has 0 radical (unpaired) electrons. The molecule has 0 amide bonds. The summed E-state index contributed by atoms with van der Waals surface area (Å²) in [5.41, 5.74) is 6.54. The molecule has 3 N–H and O–H groups in total. The van der Waals surface area contributed by atoms with Gasteiger partial charge in [-0.15, -0.1) is 0 Å². The van der Waals surface area contributed by atoms with Crippen LogP contribution in [0.2, 0.25) is 0 Å². The number of benzene rings is 2. The van der Waals surface area contributed by atoms with Crippen molar-refractivity contribution in [1.82, 2.24) is 0 Å². The van der Waals surface area contributed by atoms with Crippen LogP contribution in [-0.2, 0) is 10.0 Å². The highest BCUT2D eigenvalue weighted by Crippen LogP contribution is 2.25. The average Bonchev–Trinajstić information content (AvgIpc) is 2.42. The number of hydrogen-bond acceptors (Lipinski definition) is 4. The molecule has 0 saturated heterocycles. The molecule has 0 saturated carbocycles. The fraction of sp³-hybridized carbons (Fsp3) is 0. The van der Waals surface area contributed by atoms with E-state index < -0.39 is 10.0 Å². The summed E-state index contributed by atoms with van der Waals surface area (Å²) in [5.74, 6) is 0. The summed E-state index contributed by atoms with van der Waals surface area (Å²) in [6.07, 6.45) is 0.